The van der Waals surface area contributed by atoms with Crippen molar-refractivity contribution in [3.63, 3.8) is 0 Å². The summed E-state index contributed by atoms with van der Waals surface area (Å²) in [5, 5.41) is 5.38. The van der Waals surface area contributed by atoms with Crippen molar-refractivity contribution in [1.82, 2.24) is 9.55 Å². The Hall–Kier alpha value is -4.21. The Labute approximate surface area is 200 Å². The minimum absolute atomic E-state index is 0.592. The van der Waals surface area contributed by atoms with Crippen molar-refractivity contribution in [1.29, 1.82) is 0 Å². The number of rotatable bonds is 3. The molecule has 34 heavy (non-hydrogen) atoms. The van der Waals surface area contributed by atoms with Crippen LogP contribution in [-0.4, -0.2) is 9.55 Å². The number of halogens is 1. The number of nitrogens with one attached hydrogen (secondary N) is 1. The lowest BCUT2D eigenvalue weighted by Crippen LogP contribution is -1.92. The Bertz CT molecular complexity index is 1850. The Morgan fingerprint density at radius 2 is 1.38 bits per heavy atom. The third kappa shape index (κ3) is 2.84. The van der Waals surface area contributed by atoms with Gasteiger partial charge in [-0.3, -0.25) is 0 Å². The van der Waals surface area contributed by atoms with Gasteiger partial charge in [0.15, 0.2) is 0 Å². The first-order valence-corrected chi connectivity index (χ1v) is 11.6. The van der Waals surface area contributed by atoms with Gasteiger partial charge in [-0.05, 0) is 60.7 Å². The normalized spacial score (nSPS) is 11.7. The van der Waals surface area contributed by atoms with Gasteiger partial charge in [0.25, 0.3) is 0 Å². The van der Waals surface area contributed by atoms with Gasteiger partial charge < -0.3 is 14.3 Å². The van der Waals surface area contributed by atoms with E-state index >= 15 is 0 Å². The summed E-state index contributed by atoms with van der Waals surface area (Å²) in [5.41, 5.74) is 5.70. The zero-order valence-electron chi connectivity index (χ0n) is 18.1. The predicted molar refractivity (Wildman–Crippen MR) is 142 cm³/mol. The van der Waals surface area contributed by atoms with Crippen LogP contribution in [0.25, 0.3) is 49.3 Å². The van der Waals surface area contributed by atoms with Crippen LogP contribution in [0.5, 0.6) is 11.5 Å². The quantitative estimate of drug-likeness (QED) is 0.281. The summed E-state index contributed by atoms with van der Waals surface area (Å²) >= 11 is 6.34. The van der Waals surface area contributed by atoms with Crippen LogP contribution in [0.4, 0.5) is 0 Å². The molecule has 0 amide bonds. The first-order chi connectivity index (χ1) is 16.8. The van der Waals surface area contributed by atoms with E-state index in [9.17, 15) is 0 Å². The van der Waals surface area contributed by atoms with Crippen LogP contribution in [0.3, 0.4) is 0 Å². The molecule has 2 heterocycles. The second kappa shape index (κ2) is 7.41. The van der Waals surface area contributed by atoms with Gasteiger partial charge in [-0.15, -0.1) is 0 Å². The molecular weight excluding hydrogens is 440 g/mol. The zero-order chi connectivity index (χ0) is 22.6. The molecule has 0 aliphatic rings. The summed E-state index contributed by atoms with van der Waals surface area (Å²) in [6, 6.07) is 37.2. The average Bonchev–Trinajstić information content (AvgIpc) is 3.41. The van der Waals surface area contributed by atoms with Gasteiger partial charge in [-0.2, -0.15) is 0 Å². The van der Waals surface area contributed by atoms with Crippen molar-refractivity contribution in [2.24, 2.45) is 0 Å². The molecule has 0 radical (unpaired) electrons. The van der Waals surface area contributed by atoms with Crippen LogP contribution < -0.4 is 4.74 Å². The third-order valence-corrected chi connectivity index (χ3v) is 6.76. The molecule has 0 aliphatic heterocycles. The molecule has 0 saturated carbocycles. The van der Waals surface area contributed by atoms with Crippen molar-refractivity contribution in [3.8, 4) is 17.2 Å². The van der Waals surface area contributed by atoms with Gasteiger partial charge in [-0.1, -0.05) is 60.1 Å². The largest absolute Gasteiger partial charge is 0.456 e. The number of hydrogen-bond acceptors (Lipinski definition) is 1. The van der Waals surface area contributed by atoms with Gasteiger partial charge in [0.2, 0.25) is 0 Å². The van der Waals surface area contributed by atoms with E-state index in [1.807, 2.05) is 30.3 Å². The minimum atomic E-state index is 0.592. The number of aromatic amines is 1. The third-order valence-electron chi connectivity index (χ3n) is 6.45. The highest BCUT2D eigenvalue weighted by molar-refractivity contribution is 6.32. The molecule has 0 spiro atoms. The molecule has 0 aliphatic carbocycles. The fourth-order valence-corrected chi connectivity index (χ4v) is 5.18. The van der Waals surface area contributed by atoms with Gasteiger partial charge in [0.1, 0.15) is 11.5 Å². The fourth-order valence-electron chi connectivity index (χ4n) is 5.00. The van der Waals surface area contributed by atoms with Gasteiger partial charge in [-0.25, -0.2) is 0 Å². The molecule has 4 heteroatoms. The van der Waals surface area contributed by atoms with E-state index in [0.29, 0.717) is 10.8 Å². The monoisotopic (exact) mass is 458 g/mol. The van der Waals surface area contributed by atoms with Crippen LogP contribution in [0.2, 0.25) is 5.02 Å². The van der Waals surface area contributed by atoms with E-state index in [2.05, 4.69) is 88.4 Å². The molecule has 0 unspecified atom stereocenters. The van der Waals surface area contributed by atoms with E-state index in [1.54, 1.807) is 0 Å². The molecular formula is C30H19ClN2O. The molecule has 0 fully saturated rings. The number of nitrogens with zero attached hydrogens (tertiary/aromatic N) is 1. The molecule has 2 aromatic heterocycles. The lowest BCUT2D eigenvalue weighted by molar-refractivity contribution is 0.484. The summed E-state index contributed by atoms with van der Waals surface area (Å²) in [6.07, 6.45) is 0. The standard InChI is InChI=1S/C30H19ClN2O/c31-23-11-5-7-13-28(23)34-20-14-15-24-22(18-20)29-25(32-24)16-17-27-30(29)21-10-4-6-12-26(21)33(27)19-8-2-1-3-9-19/h1-18,32H. The predicted octanol–water partition coefficient (Wildman–Crippen LogP) is 8.86. The molecule has 0 atom stereocenters. The Morgan fingerprint density at radius 1 is 0.618 bits per heavy atom. The van der Waals surface area contributed by atoms with Crippen LogP contribution in [0, 0.1) is 0 Å². The summed E-state index contributed by atoms with van der Waals surface area (Å²) < 4.78 is 8.50. The summed E-state index contributed by atoms with van der Waals surface area (Å²) in [6.45, 7) is 0. The highest BCUT2D eigenvalue weighted by Gasteiger charge is 2.17. The summed E-state index contributed by atoms with van der Waals surface area (Å²) in [7, 11) is 0. The lowest BCUT2D eigenvalue weighted by atomic mass is 10.1. The highest BCUT2D eigenvalue weighted by Crippen LogP contribution is 2.41. The van der Waals surface area contributed by atoms with Crippen molar-refractivity contribution in [2.45, 2.75) is 0 Å². The van der Waals surface area contributed by atoms with Crippen molar-refractivity contribution in [3.05, 3.63) is 114 Å². The maximum absolute atomic E-state index is 6.34. The van der Waals surface area contributed by atoms with E-state index in [-0.39, 0.29) is 0 Å². The lowest BCUT2D eigenvalue weighted by Gasteiger charge is -2.08. The smallest absolute Gasteiger partial charge is 0.146 e. The molecule has 7 aromatic rings. The SMILES string of the molecule is Clc1ccccc1Oc1ccc2[nH]c3ccc4c(c5ccccc5n4-c4ccccc4)c3c2c1. The molecule has 1 N–H and O–H groups in total. The highest BCUT2D eigenvalue weighted by atomic mass is 35.5. The molecule has 0 saturated heterocycles. The maximum Gasteiger partial charge on any atom is 0.146 e. The number of H-pyrrole nitrogens is 1. The average molecular weight is 459 g/mol. The van der Waals surface area contributed by atoms with E-state index in [4.69, 9.17) is 16.3 Å². The van der Waals surface area contributed by atoms with Crippen LogP contribution in [-0.2, 0) is 0 Å². The summed E-state index contributed by atoms with van der Waals surface area (Å²) in [4.78, 5) is 3.60. The van der Waals surface area contributed by atoms with E-state index in [0.717, 1.165) is 27.9 Å². The van der Waals surface area contributed by atoms with Crippen LogP contribution >= 0.6 is 11.6 Å². The number of fused-ring (bicyclic) bond motifs is 7. The topological polar surface area (TPSA) is 29.9 Å². The van der Waals surface area contributed by atoms with Crippen LogP contribution in [0.15, 0.2) is 109 Å². The maximum atomic E-state index is 6.34. The first-order valence-electron chi connectivity index (χ1n) is 11.2. The number of hydrogen-bond donors (Lipinski definition) is 1. The van der Waals surface area contributed by atoms with Crippen LogP contribution in [0.1, 0.15) is 0 Å². The number of para-hydroxylation sites is 3. The van der Waals surface area contributed by atoms with Crippen molar-refractivity contribution < 1.29 is 4.74 Å². The molecule has 0 bridgehead atoms. The van der Waals surface area contributed by atoms with Gasteiger partial charge in [0.05, 0.1) is 16.1 Å². The number of benzene rings is 5. The molecule has 162 valence electrons. The second-order valence-corrected chi connectivity index (χ2v) is 8.84. The summed E-state index contributed by atoms with van der Waals surface area (Å²) in [5.74, 6) is 1.40. The second-order valence-electron chi connectivity index (χ2n) is 8.44. The Morgan fingerprint density at radius 3 is 2.26 bits per heavy atom. The minimum Gasteiger partial charge on any atom is -0.456 e. The molecule has 5 aromatic carbocycles. The number of ether oxygens (including phenoxy) is 1. The molecule has 3 nitrogen and oxygen atoms in total. The Kier molecular flexibility index (Phi) is 4.20. The van der Waals surface area contributed by atoms with Crippen molar-refractivity contribution >= 4 is 55.2 Å². The van der Waals surface area contributed by atoms with Gasteiger partial charge in [0, 0.05) is 38.3 Å². The van der Waals surface area contributed by atoms with Crippen molar-refractivity contribution in [2.75, 3.05) is 0 Å². The first kappa shape index (κ1) is 19.3. The molecule has 7 rings (SSSR count). The van der Waals surface area contributed by atoms with E-state index in [1.165, 1.54) is 27.2 Å². The van der Waals surface area contributed by atoms with Gasteiger partial charge >= 0.3 is 0 Å². The Balaban J connectivity index is 1.55. The fraction of sp³-hybridized carbons (Fsp3) is 0. The van der Waals surface area contributed by atoms with E-state index < -0.39 is 0 Å². The number of aromatic nitrogens is 2. The zero-order valence-corrected chi connectivity index (χ0v) is 18.9.